The maximum Gasteiger partial charge on any atom is 0.267 e. The Hall–Kier alpha value is -4.24. The number of hydrogen-bond acceptors (Lipinski definition) is 3. The van der Waals surface area contributed by atoms with Gasteiger partial charge in [0.25, 0.3) is 5.91 Å². The maximum absolute atomic E-state index is 13.5. The molecule has 0 aliphatic heterocycles. The van der Waals surface area contributed by atoms with Crippen LogP contribution in [0.2, 0.25) is 0 Å². The lowest BCUT2D eigenvalue weighted by molar-refractivity contribution is 0.0992. The van der Waals surface area contributed by atoms with E-state index in [1.54, 1.807) is 18.2 Å². The minimum absolute atomic E-state index is 0.316. The number of carbonyl (C=O) groups excluding carboxylic acids is 1. The topological polar surface area (TPSA) is 84.7 Å². The number of primary amides is 1. The molecule has 4 aromatic rings. The van der Waals surface area contributed by atoms with Gasteiger partial charge in [-0.3, -0.25) is 4.79 Å². The Balaban J connectivity index is 1.73. The Morgan fingerprint density at radius 1 is 1.03 bits per heavy atom. The summed E-state index contributed by atoms with van der Waals surface area (Å²) in [6.07, 6.45) is 2.60. The fourth-order valence-electron chi connectivity index (χ4n) is 4.06. The number of aryl methyl sites for hydroxylation is 1. The number of nitrogens with two attached hydrogens (primary N) is 1. The van der Waals surface area contributed by atoms with E-state index < -0.39 is 5.91 Å². The highest BCUT2D eigenvalue weighted by Crippen LogP contribution is 2.28. The molecule has 0 radical (unpaired) electrons. The van der Waals surface area contributed by atoms with Crippen molar-refractivity contribution >= 4 is 5.91 Å². The Kier molecular flexibility index (Phi) is 6.84. The minimum Gasteiger partial charge on any atom is -0.364 e. The lowest BCUT2D eigenvalue weighted by atomic mass is 9.99. The minimum atomic E-state index is -0.575. The van der Waals surface area contributed by atoms with Crippen molar-refractivity contribution in [3.05, 3.63) is 101 Å². The second kappa shape index (κ2) is 10.1. The molecule has 3 aromatic carbocycles. The molecule has 4 rings (SSSR count). The van der Waals surface area contributed by atoms with Gasteiger partial charge >= 0.3 is 0 Å². The van der Waals surface area contributed by atoms with Crippen molar-refractivity contribution in [2.45, 2.75) is 32.7 Å². The third-order valence-corrected chi connectivity index (χ3v) is 5.80. The van der Waals surface area contributed by atoms with Gasteiger partial charge in [0.15, 0.2) is 0 Å². The third-order valence-electron chi connectivity index (χ3n) is 5.80. The molecule has 6 heteroatoms. The lowest BCUT2D eigenvalue weighted by Gasteiger charge is -2.12. The fraction of sp³-hybridized carbons (Fsp3) is 0.179. The predicted molar refractivity (Wildman–Crippen MR) is 130 cm³/mol. The van der Waals surface area contributed by atoms with Crippen molar-refractivity contribution in [2.75, 3.05) is 0 Å². The number of benzene rings is 3. The highest BCUT2D eigenvalue weighted by atomic mass is 19.1. The van der Waals surface area contributed by atoms with Crippen LogP contribution in [0.3, 0.4) is 0 Å². The number of carbonyl (C=O) groups is 1. The number of aromatic nitrogens is 2. The molecular weight excluding hydrogens is 427 g/mol. The van der Waals surface area contributed by atoms with Gasteiger partial charge in [0.1, 0.15) is 23.0 Å². The van der Waals surface area contributed by atoms with Gasteiger partial charge < -0.3 is 10.3 Å². The van der Waals surface area contributed by atoms with E-state index in [1.807, 2.05) is 47.0 Å². The number of hydrogen-bond donors (Lipinski definition) is 1. The maximum atomic E-state index is 13.5. The van der Waals surface area contributed by atoms with Gasteiger partial charge in [0.2, 0.25) is 0 Å². The van der Waals surface area contributed by atoms with E-state index in [0.29, 0.717) is 35.5 Å². The molecular formula is C28H25FN4O. The van der Waals surface area contributed by atoms with Crippen molar-refractivity contribution in [3.8, 4) is 28.5 Å². The molecule has 0 spiro atoms. The number of nitrogens with zero attached hydrogens (tertiary/aromatic N) is 3. The summed E-state index contributed by atoms with van der Waals surface area (Å²) in [5, 5.41) is 9.40. The zero-order valence-corrected chi connectivity index (χ0v) is 19.0. The molecule has 5 nitrogen and oxygen atoms in total. The van der Waals surface area contributed by atoms with Crippen LogP contribution in [0.1, 0.15) is 47.2 Å². The molecule has 0 saturated heterocycles. The van der Waals surface area contributed by atoms with E-state index >= 15 is 0 Å². The van der Waals surface area contributed by atoms with Gasteiger partial charge in [-0.15, -0.1) is 0 Å². The van der Waals surface area contributed by atoms with Crippen LogP contribution in [0, 0.1) is 17.1 Å². The van der Waals surface area contributed by atoms with Crippen LogP contribution in [0.25, 0.3) is 22.4 Å². The summed E-state index contributed by atoms with van der Waals surface area (Å²) >= 11 is 0. The molecule has 0 fully saturated rings. The van der Waals surface area contributed by atoms with Gasteiger partial charge in [0.05, 0.1) is 11.6 Å². The zero-order valence-electron chi connectivity index (χ0n) is 19.0. The first-order valence-corrected chi connectivity index (χ1v) is 11.3. The molecule has 0 bridgehead atoms. The summed E-state index contributed by atoms with van der Waals surface area (Å²) in [6.45, 7) is 2.52. The monoisotopic (exact) mass is 452 g/mol. The van der Waals surface area contributed by atoms with Crippen molar-refractivity contribution in [1.82, 2.24) is 9.55 Å². The SMILES string of the molecule is CCCCc1nc(-c2ccc(F)cc2)c(C(N)=O)n1Cc1ccc(-c2ccccc2C#N)cc1. The Bertz CT molecular complexity index is 1350. The van der Waals surface area contributed by atoms with E-state index in [0.717, 1.165) is 35.4 Å². The van der Waals surface area contributed by atoms with E-state index in [-0.39, 0.29) is 5.82 Å². The van der Waals surface area contributed by atoms with Crippen LogP contribution in [0.4, 0.5) is 4.39 Å². The summed E-state index contributed by atoms with van der Waals surface area (Å²) < 4.78 is 15.3. The van der Waals surface area contributed by atoms with Crippen LogP contribution < -0.4 is 5.73 Å². The summed E-state index contributed by atoms with van der Waals surface area (Å²) in [7, 11) is 0. The molecule has 1 amide bonds. The number of rotatable bonds is 8. The van der Waals surface area contributed by atoms with Gasteiger partial charge in [0, 0.05) is 18.5 Å². The number of amides is 1. The highest BCUT2D eigenvalue weighted by molar-refractivity contribution is 5.97. The molecule has 0 atom stereocenters. The number of halogens is 1. The number of nitriles is 1. The smallest absolute Gasteiger partial charge is 0.267 e. The van der Waals surface area contributed by atoms with Crippen LogP contribution in [0.5, 0.6) is 0 Å². The standard InChI is InChI=1S/C28H25FN4O/c1-2-3-8-25-32-26(21-13-15-23(29)16-14-21)27(28(31)34)33(25)18-19-9-11-20(12-10-19)24-7-5-4-6-22(24)17-30/h4-7,9-16H,2-3,8,18H2,1H3,(H2,31,34). The van der Waals surface area contributed by atoms with Gasteiger partial charge in [-0.2, -0.15) is 5.26 Å². The summed E-state index contributed by atoms with van der Waals surface area (Å²) in [5.74, 6) is -0.156. The van der Waals surface area contributed by atoms with Crippen LogP contribution >= 0.6 is 0 Å². The van der Waals surface area contributed by atoms with E-state index in [2.05, 4.69) is 13.0 Å². The van der Waals surface area contributed by atoms with E-state index in [4.69, 9.17) is 10.7 Å². The molecule has 2 N–H and O–H groups in total. The van der Waals surface area contributed by atoms with Crippen molar-refractivity contribution < 1.29 is 9.18 Å². The largest absolute Gasteiger partial charge is 0.364 e. The molecule has 170 valence electrons. The Labute approximate surface area is 198 Å². The number of unbranched alkanes of at least 4 members (excludes halogenated alkanes) is 1. The van der Waals surface area contributed by atoms with E-state index in [1.165, 1.54) is 12.1 Å². The third kappa shape index (κ3) is 4.74. The number of imidazole rings is 1. The molecule has 1 heterocycles. The van der Waals surface area contributed by atoms with E-state index in [9.17, 15) is 14.4 Å². The predicted octanol–water partition coefficient (Wildman–Crippen LogP) is 5.72. The normalized spacial score (nSPS) is 10.7. The summed E-state index contributed by atoms with van der Waals surface area (Å²) in [6, 6.07) is 23.5. The van der Waals surface area contributed by atoms with Crippen molar-refractivity contribution in [3.63, 3.8) is 0 Å². The van der Waals surface area contributed by atoms with Crippen molar-refractivity contribution in [1.29, 1.82) is 5.26 Å². The Morgan fingerprint density at radius 2 is 1.71 bits per heavy atom. The average molecular weight is 453 g/mol. The second-order valence-corrected chi connectivity index (χ2v) is 8.14. The van der Waals surface area contributed by atoms with Crippen molar-refractivity contribution in [2.24, 2.45) is 5.73 Å². The van der Waals surface area contributed by atoms with Crippen LogP contribution in [-0.2, 0) is 13.0 Å². The molecule has 0 aliphatic carbocycles. The average Bonchev–Trinajstić information content (AvgIpc) is 3.21. The highest BCUT2D eigenvalue weighted by Gasteiger charge is 2.22. The van der Waals surface area contributed by atoms with Gasteiger partial charge in [-0.05, 0) is 53.4 Å². The van der Waals surface area contributed by atoms with Crippen LogP contribution in [0.15, 0.2) is 72.8 Å². The molecule has 0 unspecified atom stereocenters. The molecule has 0 aliphatic rings. The first-order chi connectivity index (χ1) is 16.5. The molecule has 34 heavy (non-hydrogen) atoms. The van der Waals surface area contributed by atoms with Gasteiger partial charge in [-0.1, -0.05) is 55.8 Å². The Morgan fingerprint density at radius 3 is 2.35 bits per heavy atom. The second-order valence-electron chi connectivity index (χ2n) is 8.14. The van der Waals surface area contributed by atoms with Crippen LogP contribution in [-0.4, -0.2) is 15.5 Å². The fourth-order valence-corrected chi connectivity index (χ4v) is 4.06. The molecule has 0 saturated carbocycles. The molecule has 1 aromatic heterocycles. The first-order valence-electron chi connectivity index (χ1n) is 11.3. The summed E-state index contributed by atoms with van der Waals surface area (Å²) in [5.41, 5.74) is 10.7. The quantitative estimate of drug-likeness (QED) is 0.371. The first kappa shape index (κ1) is 22.9. The lowest BCUT2D eigenvalue weighted by Crippen LogP contribution is -2.19. The zero-order chi connectivity index (χ0) is 24.1. The summed E-state index contributed by atoms with van der Waals surface area (Å²) in [4.78, 5) is 17.3. The van der Waals surface area contributed by atoms with Gasteiger partial charge in [-0.25, -0.2) is 9.37 Å².